The van der Waals surface area contributed by atoms with Gasteiger partial charge in [-0.3, -0.25) is 0 Å². The molecule has 1 unspecified atom stereocenters. The molecule has 74 valence electrons. The van der Waals surface area contributed by atoms with E-state index in [0.717, 1.165) is 16.9 Å². The molecule has 0 aromatic heterocycles. The zero-order valence-corrected chi connectivity index (χ0v) is 9.02. The Morgan fingerprint density at radius 1 is 1.38 bits per heavy atom. The van der Waals surface area contributed by atoms with Gasteiger partial charge in [0.2, 0.25) is 0 Å². The average molecular weight is 202 g/mol. The second kappa shape index (κ2) is 5.10. The molecule has 0 radical (unpaired) electrons. The topological polar surface area (TPSA) is 35.2 Å². The highest BCUT2D eigenvalue weighted by Gasteiger charge is 2.08. The zero-order valence-electron chi connectivity index (χ0n) is 8.20. The third kappa shape index (κ3) is 2.61. The van der Waals surface area contributed by atoms with Crippen molar-refractivity contribution in [3.8, 4) is 5.75 Å². The highest BCUT2D eigenvalue weighted by molar-refractivity contribution is 5.85. The lowest BCUT2D eigenvalue weighted by Gasteiger charge is -2.13. The van der Waals surface area contributed by atoms with E-state index in [4.69, 9.17) is 10.5 Å². The van der Waals surface area contributed by atoms with Gasteiger partial charge in [0, 0.05) is 11.6 Å². The van der Waals surface area contributed by atoms with Crippen LogP contribution in [0, 0.1) is 6.92 Å². The fourth-order valence-electron chi connectivity index (χ4n) is 1.31. The molecule has 1 aromatic rings. The highest BCUT2D eigenvalue weighted by Crippen LogP contribution is 2.26. The van der Waals surface area contributed by atoms with Crippen molar-refractivity contribution in [2.45, 2.75) is 19.9 Å². The summed E-state index contributed by atoms with van der Waals surface area (Å²) in [6.45, 7) is 3.97. The zero-order chi connectivity index (χ0) is 9.14. The van der Waals surface area contributed by atoms with E-state index in [1.165, 1.54) is 0 Å². The minimum absolute atomic E-state index is 0. The number of para-hydroxylation sites is 1. The second-order valence-electron chi connectivity index (χ2n) is 2.99. The van der Waals surface area contributed by atoms with Gasteiger partial charge in [-0.05, 0) is 19.4 Å². The van der Waals surface area contributed by atoms with Gasteiger partial charge in [-0.1, -0.05) is 18.2 Å². The van der Waals surface area contributed by atoms with E-state index in [-0.39, 0.29) is 18.4 Å². The van der Waals surface area contributed by atoms with Gasteiger partial charge in [0.25, 0.3) is 0 Å². The first-order valence-corrected chi connectivity index (χ1v) is 4.06. The first-order valence-electron chi connectivity index (χ1n) is 4.06. The molecule has 0 amide bonds. The van der Waals surface area contributed by atoms with Crippen LogP contribution in [0.1, 0.15) is 24.1 Å². The molecular weight excluding hydrogens is 186 g/mol. The number of halogens is 1. The smallest absolute Gasteiger partial charge is 0.126 e. The van der Waals surface area contributed by atoms with E-state index in [1.54, 1.807) is 7.11 Å². The van der Waals surface area contributed by atoms with E-state index in [9.17, 15) is 0 Å². The van der Waals surface area contributed by atoms with Gasteiger partial charge in [-0.15, -0.1) is 12.4 Å². The monoisotopic (exact) mass is 201 g/mol. The molecule has 1 rings (SSSR count). The number of hydrogen-bond donors (Lipinski definition) is 1. The number of aryl methyl sites for hydroxylation is 1. The molecule has 2 N–H and O–H groups in total. The van der Waals surface area contributed by atoms with E-state index < -0.39 is 0 Å². The molecule has 0 bridgehead atoms. The molecule has 3 heteroatoms. The molecule has 0 spiro atoms. The third-order valence-electron chi connectivity index (χ3n) is 1.94. The van der Waals surface area contributed by atoms with Crippen molar-refractivity contribution in [2.24, 2.45) is 5.73 Å². The lowest BCUT2D eigenvalue weighted by atomic mass is 10.0. The molecule has 0 aliphatic heterocycles. The third-order valence-corrected chi connectivity index (χ3v) is 1.94. The molecular formula is C10H16ClNO. The summed E-state index contributed by atoms with van der Waals surface area (Å²) in [6, 6.07) is 6.04. The predicted octanol–water partition coefficient (Wildman–Crippen LogP) is 2.45. The van der Waals surface area contributed by atoms with Crippen LogP contribution in [0.25, 0.3) is 0 Å². The van der Waals surface area contributed by atoms with Crippen molar-refractivity contribution in [1.82, 2.24) is 0 Å². The molecule has 2 nitrogen and oxygen atoms in total. The van der Waals surface area contributed by atoms with Crippen LogP contribution in [0.2, 0.25) is 0 Å². The van der Waals surface area contributed by atoms with Gasteiger partial charge in [0.1, 0.15) is 5.75 Å². The summed E-state index contributed by atoms with van der Waals surface area (Å²) >= 11 is 0. The number of ether oxygens (including phenoxy) is 1. The Balaban J connectivity index is 0.00000144. The SMILES string of the molecule is COc1c(C)cccc1C(C)N.Cl. The summed E-state index contributed by atoms with van der Waals surface area (Å²) in [6.07, 6.45) is 0. The minimum atomic E-state index is 0. The summed E-state index contributed by atoms with van der Waals surface area (Å²) < 4.78 is 5.26. The van der Waals surface area contributed by atoms with E-state index in [1.807, 2.05) is 32.0 Å². The van der Waals surface area contributed by atoms with Crippen LogP contribution >= 0.6 is 12.4 Å². The van der Waals surface area contributed by atoms with Gasteiger partial charge in [0.15, 0.2) is 0 Å². The number of benzene rings is 1. The maximum Gasteiger partial charge on any atom is 0.126 e. The van der Waals surface area contributed by atoms with Gasteiger partial charge in [-0.25, -0.2) is 0 Å². The molecule has 0 saturated heterocycles. The van der Waals surface area contributed by atoms with Gasteiger partial charge >= 0.3 is 0 Å². The highest BCUT2D eigenvalue weighted by atomic mass is 35.5. The van der Waals surface area contributed by atoms with Crippen LogP contribution in [-0.4, -0.2) is 7.11 Å². The van der Waals surface area contributed by atoms with Gasteiger partial charge in [0.05, 0.1) is 7.11 Å². The average Bonchev–Trinajstić information content (AvgIpc) is 2.03. The van der Waals surface area contributed by atoms with Crippen LogP contribution < -0.4 is 10.5 Å². The molecule has 1 atom stereocenters. The fraction of sp³-hybridized carbons (Fsp3) is 0.400. The normalized spacial score (nSPS) is 11.7. The van der Waals surface area contributed by atoms with Crippen LogP contribution in [-0.2, 0) is 0 Å². The second-order valence-corrected chi connectivity index (χ2v) is 2.99. The number of nitrogens with two attached hydrogens (primary N) is 1. The van der Waals surface area contributed by atoms with Crippen molar-refractivity contribution < 1.29 is 4.74 Å². The molecule has 0 aliphatic rings. The van der Waals surface area contributed by atoms with Gasteiger partial charge in [-0.2, -0.15) is 0 Å². The largest absolute Gasteiger partial charge is 0.496 e. The molecule has 0 heterocycles. The van der Waals surface area contributed by atoms with Gasteiger partial charge < -0.3 is 10.5 Å². The Labute approximate surface area is 85.5 Å². The lowest BCUT2D eigenvalue weighted by molar-refractivity contribution is 0.404. The van der Waals surface area contributed by atoms with Crippen molar-refractivity contribution in [1.29, 1.82) is 0 Å². The minimum Gasteiger partial charge on any atom is -0.496 e. The maximum absolute atomic E-state index is 5.78. The summed E-state index contributed by atoms with van der Waals surface area (Å²) in [5.74, 6) is 0.910. The van der Waals surface area contributed by atoms with Crippen molar-refractivity contribution in [3.63, 3.8) is 0 Å². The fourth-order valence-corrected chi connectivity index (χ4v) is 1.31. The maximum atomic E-state index is 5.78. The lowest BCUT2D eigenvalue weighted by Crippen LogP contribution is -2.07. The Hall–Kier alpha value is -0.730. The molecule has 0 saturated carbocycles. The molecule has 0 fully saturated rings. The van der Waals surface area contributed by atoms with E-state index >= 15 is 0 Å². The molecule has 13 heavy (non-hydrogen) atoms. The van der Waals surface area contributed by atoms with Crippen molar-refractivity contribution in [3.05, 3.63) is 29.3 Å². The number of methoxy groups -OCH3 is 1. The predicted molar refractivity (Wildman–Crippen MR) is 57.6 cm³/mol. The standard InChI is InChI=1S/C10H15NO.ClH/c1-7-5-4-6-9(8(2)11)10(7)12-3;/h4-6,8H,11H2,1-3H3;1H. The number of hydrogen-bond acceptors (Lipinski definition) is 2. The summed E-state index contributed by atoms with van der Waals surface area (Å²) in [5, 5.41) is 0. The van der Waals surface area contributed by atoms with Crippen LogP contribution in [0.5, 0.6) is 5.75 Å². The van der Waals surface area contributed by atoms with Crippen LogP contribution in [0.15, 0.2) is 18.2 Å². The van der Waals surface area contributed by atoms with Crippen molar-refractivity contribution >= 4 is 12.4 Å². The van der Waals surface area contributed by atoms with Crippen LogP contribution in [0.4, 0.5) is 0 Å². The summed E-state index contributed by atoms with van der Waals surface area (Å²) in [4.78, 5) is 0. The quantitative estimate of drug-likeness (QED) is 0.798. The van der Waals surface area contributed by atoms with Crippen LogP contribution in [0.3, 0.4) is 0 Å². The molecule has 1 aromatic carbocycles. The first-order chi connectivity index (χ1) is 5.66. The van der Waals surface area contributed by atoms with Crippen molar-refractivity contribution in [2.75, 3.05) is 7.11 Å². The first kappa shape index (κ1) is 12.3. The van der Waals surface area contributed by atoms with E-state index in [0.29, 0.717) is 0 Å². The number of rotatable bonds is 2. The molecule has 0 aliphatic carbocycles. The van der Waals surface area contributed by atoms with E-state index in [2.05, 4.69) is 0 Å². The Morgan fingerprint density at radius 2 is 2.00 bits per heavy atom. The Bertz CT molecular complexity index is 274. The summed E-state index contributed by atoms with van der Waals surface area (Å²) in [5.41, 5.74) is 7.98. The Kier molecular flexibility index (Phi) is 4.81. The summed E-state index contributed by atoms with van der Waals surface area (Å²) in [7, 11) is 1.67. The Morgan fingerprint density at radius 3 is 2.38 bits per heavy atom.